The minimum atomic E-state index is -0.878. The lowest BCUT2D eigenvalue weighted by Gasteiger charge is -2.09. The first-order valence-corrected chi connectivity index (χ1v) is 9.39. The lowest BCUT2D eigenvalue weighted by molar-refractivity contribution is -0.116. The molecular formula is C16H14N6O2S2. The SMILES string of the molecule is COc1ccccc1-n1nnnc1SCC(=O)[C@@H](C#N)c1nc(C)cs1. The van der Waals surface area contributed by atoms with Crippen LogP contribution in [0.1, 0.15) is 16.6 Å². The number of ketones is 1. The van der Waals surface area contributed by atoms with Crippen molar-refractivity contribution in [1.29, 1.82) is 5.26 Å². The summed E-state index contributed by atoms with van der Waals surface area (Å²) in [6, 6.07) is 9.34. The van der Waals surface area contributed by atoms with Gasteiger partial charge in [0.2, 0.25) is 5.16 Å². The van der Waals surface area contributed by atoms with Crippen molar-refractivity contribution in [3.05, 3.63) is 40.3 Å². The maximum Gasteiger partial charge on any atom is 0.214 e. The van der Waals surface area contributed by atoms with E-state index in [0.717, 1.165) is 5.69 Å². The molecule has 8 nitrogen and oxygen atoms in total. The summed E-state index contributed by atoms with van der Waals surface area (Å²) in [5.74, 6) is -0.439. The number of hydrogen-bond acceptors (Lipinski definition) is 9. The van der Waals surface area contributed by atoms with Gasteiger partial charge in [0.05, 0.1) is 18.9 Å². The fourth-order valence-electron chi connectivity index (χ4n) is 2.21. The number of thiazole rings is 1. The molecule has 1 atom stereocenters. The second kappa shape index (κ2) is 8.07. The molecule has 26 heavy (non-hydrogen) atoms. The van der Waals surface area contributed by atoms with Crippen molar-refractivity contribution >= 4 is 28.9 Å². The molecule has 0 bridgehead atoms. The number of carbonyl (C=O) groups excluding carboxylic acids is 1. The fourth-order valence-corrected chi connectivity index (χ4v) is 3.86. The zero-order valence-electron chi connectivity index (χ0n) is 14.0. The number of tetrazole rings is 1. The van der Waals surface area contributed by atoms with Crippen molar-refractivity contribution < 1.29 is 9.53 Å². The van der Waals surface area contributed by atoms with Gasteiger partial charge >= 0.3 is 0 Å². The van der Waals surface area contributed by atoms with E-state index < -0.39 is 5.92 Å². The van der Waals surface area contributed by atoms with Crippen LogP contribution in [0.4, 0.5) is 0 Å². The Morgan fingerprint density at radius 1 is 1.46 bits per heavy atom. The van der Waals surface area contributed by atoms with Crippen LogP contribution in [0.3, 0.4) is 0 Å². The van der Waals surface area contributed by atoms with Crippen LogP contribution in [0, 0.1) is 18.3 Å². The normalized spacial score (nSPS) is 11.7. The summed E-state index contributed by atoms with van der Waals surface area (Å²) in [5.41, 5.74) is 1.47. The van der Waals surface area contributed by atoms with E-state index in [0.29, 0.717) is 21.6 Å². The number of carbonyl (C=O) groups is 1. The highest BCUT2D eigenvalue weighted by Gasteiger charge is 2.24. The zero-order chi connectivity index (χ0) is 18.5. The molecule has 0 aliphatic carbocycles. The lowest BCUT2D eigenvalue weighted by Crippen LogP contribution is -2.14. The Morgan fingerprint density at radius 3 is 2.96 bits per heavy atom. The van der Waals surface area contributed by atoms with Crippen LogP contribution in [0.2, 0.25) is 0 Å². The topological polar surface area (TPSA) is 107 Å². The number of nitrogens with zero attached hydrogens (tertiary/aromatic N) is 6. The van der Waals surface area contributed by atoms with Crippen molar-refractivity contribution in [2.45, 2.75) is 18.0 Å². The van der Waals surface area contributed by atoms with Crippen LogP contribution < -0.4 is 4.74 Å². The molecule has 0 aliphatic heterocycles. The molecule has 0 fully saturated rings. The van der Waals surface area contributed by atoms with Crippen LogP contribution in [0.15, 0.2) is 34.8 Å². The zero-order valence-corrected chi connectivity index (χ0v) is 15.6. The monoisotopic (exact) mass is 386 g/mol. The minimum absolute atomic E-state index is 0.0619. The Balaban J connectivity index is 1.76. The Kier molecular flexibility index (Phi) is 5.60. The summed E-state index contributed by atoms with van der Waals surface area (Å²) in [4.78, 5) is 16.7. The van der Waals surface area contributed by atoms with E-state index >= 15 is 0 Å². The number of Topliss-reactive ketones (excluding diaryl/α,β-unsaturated/α-hetero) is 1. The molecule has 10 heteroatoms. The second-order valence-corrected chi connectivity index (χ2v) is 7.02. The van der Waals surface area contributed by atoms with Crippen LogP contribution in [-0.2, 0) is 4.79 Å². The van der Waals surface area contributed by atoms with Gasteiger partial charge in [-0.2, -0.15) is 9.94 Å². The highest BCUT2D eigenvalue weighted by molar-refractivity contribution is 7.99. The maximum absolute atomic E-state index is 12.5. The van der Waals surface area contributed by atoms with Gasteiger partial charge in [-0.25, -0.2) is 4.98 Å². The lowest BCUT2D eigenvalue weighted by atomic mass is 10.1. The van der Waals surface area contributed by atoms with E-state index in [4.69, 9.17) is 4.74 Å². The van der Waals surface area contributed by atoms with Gasteiger partial charge in [-0.3, -0.25) is 4.79 Å². The van der Waals surface area contributed by atoms with Gasteiger partial charge in [0, 0.05) is 11.1 Å². The molecule has 0 saturated heterocycles. The number of hydrogen-bond donors (Lipinski definition) is 0. The Labute approximate surface area is 157 Å². The first-order valence-electron chi connectivity index (χ1n) is 7.53. The van der Waals surface area contributed by atoms with Crippen LogP contribution in [-0.4, -0.2) is 43.8 Å². The molecule has 0 amide bonds. The van der Waals surface area contributed by atoms with Gasteiger partial charge in [-0.05, 0) is 29.5 Å². The molecule has 132 valence electrons. The van der Waals surface area contributed by atoms with Crippen molar-refractivity contribution in [2.24, 2.45) is 0 Å². The maximum atomic E-state index is 12.5. The molecule has 0 radical (unpaired) electrons. The van der Waals surface area contributed by atoms with Gasteiger partial charge in [0.25, 0.3) is 0 Å². The molecule has 3 aromatic rings. The van der Waals surface area contributed by atoms with E-state index in [1.807, 2.05) is 36.6 Å². The quantitative estimate of drug-likeness (QED) is 0.570. The molecule has 2 aromatic heterocycles. The average Bonchev–Trinajstić information content (AvgIpc) is 3.29. The number of methoxy groups -OCH3 is 1. The predicted molar refractivity (Wildman–Crippen MR) is 96.6 cm³/mol. The molecule has 2 heterocycles. The number of ether oxygens (including phenoxy) is 1. The van der Waals surface area contributed by atoms with Crippen molar-refractivity contribution in [3.8, 4) is 17.5 Å². The predicted octanol–water partition coefficient (Wildman–Crippen LogP) is 2.40. The van der Waals surface area contributed by atoms with E-state index in [9.17, 15) is 10.1 Å². The fraction of sp³-hybridized carbons (Fsp3) is 0.250. The number of para-hydroxylation sites is 2. The van der Waals surface area contributed by atoms with Crippen molar-refractivity contribution in [3.63, 3.8) is 0 Å². The number of benzene rings is 1. The Morgan fingerprint density at radius 2 is 2.27 bits per heavy atom. The third-order valence-corrected chi connectivity index (χ3v) is 5.40. The first kappa shape index (κ1) is 18.0. The van der Waals surface area contributed by atoms with Gasteiger partial charge in [-0.1, -0.05) is 23.9 Å². The highest BCUT2D eigenvalue weighted by Crippen LogP contribution is 2.27. The summed E-state index contributed by atoms with van der Waals surface area (Å²) >= 11 is 2.48. The van der Waals surface area contributed by atoms with Gasteiger partial charge < -0.3 is 4.74 Å². The van der Waals surface area contributed by atoms with Gasteiger partial charge in [-0.15, -0.1) is 16.4 Å². The van der Waals surface area contributed by atoms with Crippen LogP contribution in [0.5, 0.6) is 5.75 Å². The number of aryl methyl sites for hydroxylation is 1. The Bertz CT molecular complexity index is 962. The molecule has 0 aliphatic rings. The number of nitriles is 1. The smallest absolute Gasteiger partial charge is 0.214 e. The van der Waals surface area contributed by atoms with Crippen molar-refractivity contribution in [2.75, 3.05) is 12.9 Å². The molecule has 0 spiro atoms. The summed E-state index contributed by atoms with van der Waals surface area (Å²) in [7, 11) is 1.56. The van der Waals surface area contributed by atoms with Crippen LogP contribution in [0.25, 0.3) is 5.69 Å². The third kappa shape index (κ3) is 3.74. The molecular weight excluding hydrogens is 372 g/mol. The molecule has 0 saturated carbocycles. The molecule has 3 rings (SSSR count). The van der Waals surface area contributed by atoms with E-state index in [1.165, 1.54) is 27.8 Å². The third-order valence-electron chi connectivity index (χ3n) is 3.43. The number of thioether (sulfide) groups is 1. The summed E-state index contributed by atoms with van der Waals surface area (Å²) in [6.45, 7) is 1.83. The van der Waals surface area contributed by atoms with Gasteiger partial charge in [0.15, 0.2) is 11.7 Å². The number of rotatable bonds is 7. The van der Waals surface area contributed by atoms with Gasteiger partial charge in [0.1, 0.15) is 16.4 Å². The highest BCUT2D eigenvalue weighted by atomic mass is 32.2. The molecule has 0 N–H and O–H groups in total. The molecule has 1 aromatic carbocycles. The largest absolute Gasteiger partial charge is 0.494 e. The summed E-state index contributed by atoms with van der Waals surface area (Å²) in [6.07, 6.45) is 0. The first-order chi connectivity index (χ1) is 12.6. The average molecular weight is 386 g/mol. The summed E-state index contributed by atoms with van der Waals surface area (Å²) in [5, 5.41) is 23.7. The Hall–Kier alpha value is -2.77. The standard InChI is InChI=1S/C16H14N6O2S2/c1-10-8-25-15(18-10)11(7-17)13(23)9-26-16-19-20-21-22(16)12-5-3-4-6-14(12)24-2/h3-6,8,11H,9H2,1-2H3/t11-/m1/s1. The van der Waals surface area contributed by atoms with E-state index in [-0.39, 0.29) is 11.5 Å². The van der Waals surface area contributed by atoms with Crippen LogP contribution >= 0.6 is 23.1 Å². The van der Waals surface area contributed by atoms with E-state index in [1.54, 1.807) is 13.2 Å². The van der Waals surface area contributed by atoms with E-state index in [2.05, 4.69) is 20.5 Å². The molecule has 0 unspecified atom stereocenters. The number of aromatic nitrogens is 5. The second-order valence-electron chi connectivity index (χ2n) is 5.19. The summed E-state index contributed by atoms with van der Waals surface area (Å²) < 4.78 is 6.83. The van der Waals surface area contributed by atoms with Crippen molar-refractivity contribution in [1.82, 2.24) is 25.2 Å². The minimum Gasteiger partial charge on any atom is -0.494 e.